The van der Waals surface area contributed by atoms with E-state index in [9.17, 15) is 14.4 Å². The summed E-state index contributed by atoms with van der Waals surface area (Å²) >= 11 is 1.40. The zero-order chi connectivity index (χ0) is 19.8. The molecule has 0 spiro atoms. The van der Waals surface area contributed by atoms with Crippen molar-refractivity contribution in [1.29, 1.82) is 0 Å². The molecule has 0 atom stereocenters. The van der Waals surface area contributed by atoms with Crippen molar-refractivity contribution in [2.45, 2.75) is 32.1 Å². The standard InChI is InChI=1S/C21H23NO4S/c1-4-20(24)22-17-9-7-16(8-10-17)18(23)12-26-21(25)13-27-19-11-14(2)5-6-15(19)3/h5-11H,4,12-13H2,1-3H3,(H,22,24). The minimum absolute atomic E-state index is 0.0932. The zero-order valence-electron chi connectivity index (χ0n) is 15.7. The van der Waals surface area contributed by atoms with E-state index < -0.39 is 5.97 Å². The first-order valence-electron chi connectivity index (χ1n) is 8.68. The molecule has 0 aliphatic carbocycles. The van der Waals surface area contributed by atoms with Crippen molar-refractivity contribution in [2.24, 2.45) is 0 Å². The number of amides is 1. The molecule has 2 aromatic carbocycles. The number of hydrogen-bond acceptors (Lipinski definition) is 5. The van der Waals surface area contributed by atoms with Gasteiger partial charge in [-0.2, -0.15) is 0 Å². The molecule has 142 valence electrons. The van der Waals surface area contributed by atoms with Crippen molar-refractivity contribution in [2.75, 3.05) is 17.7 Å². The van der Waals surface area contributed by atoms with Gasteiger partial charge in [-0.05, 0) is 49.7 Å². The Bertz CT molecular complexity index is 831. The summed E-state index contributed by atoms with van der Waals surface area (Å²) in [5.74, 6) is -0.654. The predicted octanol–water partition coefficient (Wildman–Crippen LogP) is 4.17. The molecule has 0 aliphatic heterocycles. The lowest BCUT2D eigenvalue weighted by atomic mass is 10.1. The highest BCUT2D eigenvalue weighted by atomic mass is 32.2. The van der Waals surface area contributed by atoms with Gasteiger partial charge in [-0.3, -0.25) is 14.4 Å². The highest BCUT2D eigenvalue weighted by Crippen LogP contribution is 2.23. The molecule has 0 aromatic heterocycles. The molecule has 0 unspecified atom stereocenters. The quantitative estimate of drug-likeness (QED) is 0.419. The number of rotatable bonds is 8. The monoisotopic (exact) mass is 385 g/mol. The number of thioether (sulfide) groups is 1. The SMILES string of the molecule is CCC(=O)Nc1ccc(C(=O)COC(=O)CSc2cc(C)ccc2C)cc1. The highest BCUT2D eigenvalue weighted by Gasteiger charge is 2.11. The second-order valence-electron chi connectivity index (χ2n) is 6.12. The van der Waals surface area contributed by atoms with Crippen molar-refractivity contribution < 1.29 is 19.1 Å². The molecule has 0 fully saturated rings. The fourth-order valence-corrected chi connectivity index (χ4v) is 3.18. The maximum atomic E-state index is 12.1. The van der Waals surface area contributed by atoms with Crippen molar-refractivity contribution in [3.05, 3.63) is 59.2 Å². The van der Waals surface area contributed by atoms with Gasteiger partial charge in [-0.1, -0.05) is 24.6 Å². The van der Waals surface area contributed by atoms with Crippen LogP contribution in [0.4, 0.5) is 5.69 Å². The fourth-order valence-electron chi connectivity index (χ4n) is 2.26. The summed E-state index contributed by atoms with van der Waals surface area (Å²) in [6, 6.07) is 12.6. The van der Waals surface area contributed by atoms with Gasteiger partial charge < -0.3 is 10.1 Å². The van der Waals surface area contributed by atoms with Crippen LogP contribution in [0.15, 0.2) is 47.4 Å². The van der Waals surface area contributed by atoms with E-state index in [1.165, 1.54) is 11.8 Å². The largest absolute Gasteiger partial charge is 0.457 e. The lowest BCUT2D eigenvalue weighted by Crippen LogP contribution is -2.15. The van der Waals surface area contributed by atoms with E-state index in [1.54, 1.807) is 31.2 Å². The van der Waals surface area contributed by atoms with Gasteiger partial charge in [0.1, 0.15) is 0 Å². The number of nitrogens with one attached hydrogen (secondary N) is 1. The lowest BCUT2D eigenvalue weighted by Gasteiger charge is -2.08. The third kappa shape index (κ3) is 6.57. The van der Waals surface area contributed by atoms with Crippen molar-refractivity contribution in [3.8, 4) is 0 Å². The molecule has 0 saturated heterocycles. The summed E-state index contributed by atoms with van der Waals surface area (Å²) in [5, 5.41) is 2.71. The molecule has 2 aromatic rings. The Morgan fingerprint density at radius 2 is 1.74 bits per heavy atom. The summed E-state index contributed by atoms with van der Waals surface area (Å²) < 4.78 is 5.08. The van der Waals surface area contributed by atoms with Crippen LogP contribution < -0.4 is 5.32 Å². The van der Waals surface area contributed by atoms with Gasteiger partial charge in [0.2, 0.25) is 5.91 Å². The van der Waals surface area contributed by atoms with Crippen LogP contribution in [0.5, 0.6) is 0 Å². The molecule has 0 heterocycles. The third-order valence-corrected chi connectivity index (χ3v) is 5.00. The molecule has 0 aliphatic rings. The number of carbonyl (C=O) groups is 3. The number of carbonyl (C=O) groups excluding carboxylic acids is 3. The summed E-state index contributed by atoms with van der Waals surface area (Å²) in [6.07, 6.45) is 0.386. The normalized spacial score (nSPS) is 10.3. The van der Waals surface area contributed by atoms with E-state index >= 15 is 0 Å². The number of aryl methyl sites for hydroxylation is 2. The van der Waals surface area contributed by atoms with Crippen LogP contribution in [0.1, 0.15) is 34.8 Å². The number of hydrogen-bond donors (Lipinski definition) is 1. The number of esters is 1. The minimum atomic E-state index is -0.430. The van der Waals surface area contributed by atoms with E-state index in [0.29, 0.717) is 17.7 Å². The number of ether oxygens (including phenoxy) is 1. The maximum Gasteiger partial charge on any atom is 0.316 e. The molecule has 0 saturated carbocycles. The number of Topliss-reactive ketones (excluding diaryl/α,β-unsaturated/α-hetero) is 1. The third-order valence-electron chi connectivity index (χ3n) is 3.87. The summed E-state index contributed by atoms with van der Waals surface area (Å²) in [7, 11) is 0. The van der Waals surface area contributed by atoms with E-state index in [0.717, 1.165) is 16.0 Å². The van der Waals surface area contributed by atoms with Crippen LogP contribution in [-0.2, 0) is 14.3 Å². The van der Waals surface area contributed by atoms with Gasteiger partial charge in [0.15, 0.2) is 12.4 Å². The Balaban J connectivity index is 1.81. The van der Waals surface area contributed by atoms with Crippen LogP contribution in [0.2, 0.25) is 0 Å². The van der Waals surface area contributed by atoms with Crippen LogP contribution in [-0.4, -0.2) is 30.0 Å². The van der Waals surface area contributed by atoms with Gasteiger partial charge >= 0.3 is 5.97 Å². The smallest absolute Gasteiger partial charge is 0.316 e. The lowest BCUT2D eigenvalue weighted by molar-refractivity contribution is -0.139. The predicted molar refractivity (Wildman–Crippen MR) is 107 cm³/mol. The number of ketones is 1. The second-order valence-corrected chi connectivity index (χ2v) is 7.14. The van der Waals surface area contributed by atoms with Gasteiger partial charge in [0, 0.05) is 22.6 Å². The summed E-state index contributed by atoms with van der Waals surface area (Å²) in [5.41, 5.74) is 3.29. The van der Waals surface area contributed by atoms with Gasteiger partial charge in [-0.15, -0.1) is 11.8 Å². The topological polar surface area (TPSA) is 72.5 Å². The second kappa shape index (κ2) is 9.92. The van der Waals surface area contributed by atoms with E-state index in [2.05, 4.69) is 5.32 Å². The Morgan fingerprint density at radius 3 is 2.41 bits per heavy atom. The van der Waals surface area contributed by atoms with Crippen LogP contribution in [0.3, 0.4) is 0 Å². The van der Waals surface area contributed by atoms with Gasteiger partial charge in [0.25, 0.3) is 0 Å². The molecule has 1 N–H and O–H groups in total. The van der Waals surface area contributed by atoms with Crippen LogP contribution >= 0.6 is 11.8 Å². The fraction of sp³-hybridized carbons (Fsp3) is 0.286. The van der Waals surface area contributed by atoms with E-state index in [1.807, 2.05) is 32.0 Å². The van der Waals surface area contributed by atoms with E-state index in [-0.39, 0.29) is 24.1 Å². The Morgan fingerprint density at radius 1 is 1.04 bits per heavy atom. The Kier molecular flexibility index (Phi) is 7.61. The first-order valence-corrected chi connectivity index (χ1v) is 9.66. The molecule has 5 nitrogen and oxygen atoms in total. The minimum Gasteiger partial charge on any atom is -0.457 e. The van der Waals surface area contributed by atoms with E-state index in [4.69, 9.17) is 4.74 Å². The molecule has 2 rings (SSSR count). The molecular formula is C21H23NO4S. The highest BCUT2D eigenvalue weighted by molar-refractivity contribution is 8.00. The summed E-state index contributed by atoms with van der Waals surface area (Å²) in [6.45, 7) is 5.45. The molecule has 0 bridgehead atoms. The first kappa shape index (κ1) is 20.7. The Labute approximate surface area is 163 Å². The van der Waals surface area contributed by atoms with Gasteiger partial charge in [-0.25, -0.2) is 0 Å². The Hall–Kier alpha value is -2.60. The zero-order valence-corrected chi connectivity index (χ0v) is 16.5. The van der Waals surface area contributed by atoms with Crippen LogP contribution in [0.25, 0.3) is 0 Å². The maximum absolute atomic E-state index is 12.1. The molecule has 6 heteroatoms. The van der Waals surface area contributed by atoms with Crippen molar-refractivity contribution in [1.82, 2.24) is 0 Å². The van der Waals surface area contributed by atoms with Gasteiger partial charge in [0.05, 0.1) is 5.75 Å². The molecular weight excluding hydrogens is 362 g/mol. The molecule has 1 amide bonds. The average Bonchev–Trinajstić information content (AvgIpc) is 2.67. The summed E-state index contributed by atoms with van der Waals surface area (Å²) in [4.78, 5) is 36.4. The van der Waals surface area contributed by atoms with Crippen molar-refractivity contribution in [3.63, 3.8) is 0 Å². The number of anilines is 1. The molecule has 27 heavy (non-hydrogen) atoms. The average molecular weight is 385 g/mol. The number of benzene rings is 2. The van der Waals surface area contributed by atoms with Crippen molar-refractivity contribution >= 4 is 35.1 Å². The first-order chi connectivity index (χ1) is 12.9. The molecule has 0 radical (unpaired) electrons. The van der Waals surface area contributed by atoms with Crippen LogP contribution in [0, 0.1) is 13.8 Å².